The van der Waals surface area contributed by atoms with Crippen LogP contribution >= 0.6 is 0 Å². The Balaban J connectivity index is 2.00. The Kier molecular flexibility index (Phi) is 6.04. The molecule has 9 heteroatoms. The van der Waals surface area contributed by atoms with Gasteiger partial charge in [0.2, 0.25) is 6.33 Å². The van der Waals surface area contributed by atoms with Crippen LogP contribution < -0.4 is 9.69 Å². The van der Waals surface area contributed by atoms with Gasteiger partial charge >= 0.3 is 5.82 Å². The third-order valence-corrected chi connectivity index (χ3v) is 4.29. The molecular weight excluding hydrogens is 330 g/mol. The van der Waals surface area contributed by atoms with E-state index in [-0.39, 0.29) is 5.75 Å². The monoisotopic (exact) mass is 352 g/mol. The van der Waals surface area contributed by atoms with Gasteiger partial charge in [0.25, 0.3) is 10.1 Å². The number of hydrazone groups is 1. The van der Waals surface area contributed by atoms with E-state index in [1.807, 2.05) is 49.0 Å². The number of hydrogen-bond donors (Lipinski definition) is 1. The lowest BCUT2D eigenvalue weighted by molar-refractivity contribution is -0.752. The van der Waals surface area contributed by atoms with Crippen LogP contribution in [0.1, 0.15) is 18.7 Å². The molecule has 0 aliphatic carbocycles. The fraction of sp³-hybridized carbons (Fsp3) is 0.400. The SMILES string of the molecule is CN(N=Cc1n(C)cn[n+]1CCCCS(=O)(=O)O)c1ccccc1. The summed E-state index contributed by atoms with van der Waals surface area (Å²) in [6, 6.07) is 9.76. The summed E-state index contributed by atoms with van der Waals surface area (Å²) in [5.41, 5.74) is 0.968. The zero-order valence-corrected chi connectivity index (χ0v) is 14.6. The minimum absolute atomic E-state index is 0.236. The van der Waals surface area contributed by atoms with Crippen LogP contribution in [-0.2, 0) is 23.7 Å². The smallest absolute Gasteiger partial charge is 0.286 e. The normalized spacial score (nSPS) is 12.0. The standard InChI is InChI=1S/C15H21N5O3S/c1-18-13-17-20(10-6-7-11-24(21,22)23)15(18)12-16-19(2)14-8-4-3-5-9-14/h3-5,8-9,12-13H,6-7,10-11H2,1-2H3/p+1. The Labute approximate surface area is 141 Å². The van der Waals surface area contributed by atoms with Gasteiger partial charge in [0.1, 0.15) is 12.8 Å². The second kappa shape index (κ2) is 8.02. The first kappa shape index (κ1) is 18.1. The number of anilines is 1. The van der Waals surface area contributed by atoms with Crippen molar-refractivity contribution in [3.63, 3.8) is 0 Å². The van der Waals surface area contributed by atoms with E-state index in [1.54, 1.807) is 22.2 Å². The van der Waals surface area contributed by atoms with Gasteiger partial charge in [0.15, 0.2) is 0 Å². The molecule has 0 amide bonds. The first-order valence-electron chi connectivity index (χ1n) is 7.56. The fourth-order valence-electron chi connectivity index (χ4n) is 2.16. The Morgan fingerprint density at radius 3 is 2.71 bits per heavy atom. The van der Waals surface area contributed by atoms with Crippen molar-refractivity contribution in [1.29, 1.82) is 0 Å². The molecule has 0 spiro atoms. The summed E-state index contributed by atoms with van der Waals surface area (Å²) >= 11 is 0. The molecule has 0 aliphatic heterocycles. The molecule has 0 saturated carbocycles. The molecule has 0 atom stereocenters. The highest BCUT2D eigenvalue weighted by Crippen LogP contribution is 2.10. The number of rotatable bonds is 8. The van der Waals surface area contributed by atoms with E-state index in [2.05, 4.69) is 10.2 Å². The molecule has 0 saturated heterocycles. The van der Waals surface area contributed by atoms with Crippen molar-refractivity contribution in [2.24, 2.45) is 12.1 Å². The second-order valence-electron chi connectivity index (χ2n) is 5.42. The van der Waals surface area contributed by atoms with Crippen molar-refractivity contribution >= 4 is 22.0 Å². The van der Waals surface area contributed by atoms with Crippen LogP contribution in [0.4, 0.5) is 5.69 Å². The van der Waals surface area contributed by atoms with Crippen LogP contribution in [0.15, 0.2) is 41.8 Å². The van der Waals surface area contributed by atoms with Gasteiger partial charge in [-0.3, -0.25) is 9.56 Å². The minimum atomic E-state index is -3.90. The van der Waals surface area contributed by atoms with Gasteiger partial charge in [-0.2, -0.15) is 13.5 Å². The predicted octanol–water partition coefficient (Wildman–Crippen LogP) is 0.846. The van der Waals surface area contributed by atoms with E-state index in [4.69, 9.17) is 4.55 Å². The fourth-order valence-corrected chi connectivity index (χ4v) is 2.73. The van der Waals surface area contributed by atoms with Gasteiger partial charge in [0.05, 0.1) is 18.5 Å². The summed E-state index contributed by atoms with van der Waals surface area (Å²) in [4.78, 5) is 0. The first-order chi connectivity index (χ1) is 11.4. The lowest BCUT2D eigenvalue weighted by Gasteiger charge is -2.11. The third kappa shape index (κ3) is 5.43. The topological polar surface area (TPSA) is 91.7 Å². The number of aromatic nitrogens is 3. The Morgan fingerprint density at radius 2 is 2.04 bits per heavy atom. The number of unbranched alkanes of at least 4 members (excludes halogenated alkanes) is 1. The van der Waals surface area contributed by atoms with Crippen molar-refractivity contribution in [3.05, 3.63) is 42.5 Å². The van der Waals surface area contributed by atoms with E-state index < -0.39 is 10.1 Å². The largest absolute Gasteiger partial charge is 0.323 e. The van der Waals surface area contributed by atoms with Gasteiger partial charge in [-0.05, 0) is 30.1 Å². The van der Waals surface area contributed by atoms with Gasteiger partial charge in [-0.25, -0.2) is 4.57 Å². The highest BCUT2D eigenvalue weighted by molar-refractivity contribution is 7.85. The number of aryl methyl sites for hydroxylation is 2. The minimum Gasteiger partial charge on any atom is -0.286 e. The molecule has 24 heavy (non-hydrogen) atoms. The summed E-state index contributed by atoms with van der Waals surface area (Å²) in [5.74, 6) is 0.560. The van der Waals surface area contributed by atoms with Crippen LogP contribution in [0.25, 0.3) is 0 Å². The average molecular weight is 352 g/mol. The molecule has 1 N–H and O–H groups in total. The molecule has 0 radical (unpaired) electrons. The van der Waals surface area contributed by atoms with Crippen LogP contribution in [0, 0.1) is 0 Å². The molecule has 8 nitrogen and oxygen atoms in total. The number of hydrogen-bond acceptors (Lipinski definition) is 5. The molecule has 0 aliphatic rings. The third-order valence-electron chi connectivity index (χ3n) is 3.49. The van der Waals surface area contributed by atoms with E-state index in [0.717, 1.165) is 11.5 Å². The van der Waals surface area contributed by atoms with Crippen molar-refractivity contribution in [2.45, 2.75) is 19.4 Å². The highest BCUT2D eigenvalue weighted by Gasteiger charge is 2.15. The van der Waals surface area contributed by atoms with Crippen molar-refractivity contribution in [1.82, 2.24) is 9.67 Å². The molecule has 2 rings (SSSR count). The predicted molar refractivity (Wildman–Crippen MR) is 91.5 cm³/mol. The molecule has 0 fully saturated rings. The molecule has 0 bridgehead atoms. The van der Waals surface area contributed by atoms with Crippen LogP contribution in [0.5, 0.6) is 0 Å². The second-order valence-corrected chi connectivity index (χ2v) is 6.99. The van der Waals surface area contributed by atoms with Gasteiger partial charge in [-0.15, -0.1) is 4.68 Å². The molecule has 0 unspecified atom stereocenters. The summed E-state index contributed by atoms with van der Waals surface area (Å²) in [6.07, 6.45) is 4.36. The van der Waals surface area contributed by atoms with Gasteiger partial charge < -0.3 is 0 Å². The summed E-state index contributed by atoms with van der Waals surface area (Å²) in [5, 5.41) is 10.4. The quantitative estimate of drug-likeness (QED) is 0.250. The lowest BCUT2D eigenvalue weighted by Crippen LogP contribution is -2.40. The molecule has 1 heterocycles. The average Bonchev–Trinajstić information content (AvgIpc) is 2.89. The van der Waals surface area contributed by atoms with Gasteiger partial charge in [0, 0.05) is 7.05 Å². The lowest BCUT2D eigenvalue weighted by atomic mass is 10.3. The Morgan fingerprint density at radius 1 is 1.33 bits per heavy atom. The number of para-hydroxylation sites is 1. The van der Waals surface area contributed by atoms with Gasteiger partial charge in [-0.1, -0.05) is 18.2 Å². The van der Waals surface area contributed by atoms with Crippen molar-refractivity contribution in [2.75, 3.05) is 17.8 Å². The molecular formula is C15H22N5O3S+. The maximum Gasteiger partial charge on any atom is 0.323 e. The first-order valence-corrected chi connectivity index (χ1v) is 9.17. The Hall–Kier alpha value is -2.26. The van der Waals surface area contributed by atoms with Crippen LogP contribution in [-0.4, -0.2) is 41.7 Å². The maximum absolute atomic E-state index is 10.7. The number of benzene rings is 1. The molecule has 130 valence electrons. The molecule has 2 aromatic rings. The number of nitrogens with zero attached hydrogens (tertiary/aromatic N) is 5. The molecule has 1 aromatic carbocycles. The van der Waals surface area contributed by atoms with E-state index in [9.17, 15) is 8.42 Å². The van der Waals surface area contributed by atoms with Crippen LogP contribution in [0.3, 0.4) is 0 Å². The summed E-state index contributed by atoms with van der Waals surface area (Å²) in [6.45, 7) is 0.548. The zero-order chi connectivity index (χ0) is 17.6. The zero-order valence-electron chi connectivity index (χ0n) is 13.8. The highest BCUT2D eigenvalue weighted by atomic mass is 32.2. The molecule has 1 aromatic heterocycles. The summed E-state index contributed by atoms with van der Waals surface area (Å²) in [7, 11) is -0.177. The van der Waals surface area contributed by atoms with Crippen molar-refractivity contribution < 1.29 is 17.7 Å². The van der Waals surface area contributed by atoms with E-state index in [0.29, 0.717) is 19.4 Å². The van der Waals surface area contributed by atoms with Crippen molar-refractivity contribution in [3.8, 4) is 0 Å². The van der Waals surface area contributed by atoms with E-state index in [1.165, 1.54) is 0 Å². The Bertz CT molecular complexity index is 787. The summed E-state index contributed by atoms with van der Waals surface area (Å²) < 4.78 is 33.8. The van der Waals surface area contributed by atoms with E-state index >= 15 is 0 Å². The maximum atomic E-state index is 10.7. The van der Waals surface area contributed by atoms with Crippen LogP contribution in [0.2, 0.25) is 0 Å².